The first-order valence-electron chi connectivity index (χ1n) is 8.97. The smallest absolute Gasteiger partial charge is 0.271 e. The zero-order valence-corrected chi connectivity index (χ0v) is 15.6. The van der Waals surface area contributed by atoms with Gasteiger partial charge in [-0.05, 0) is 18.1 Å². The molecule has 1 aromatic rings. The van der Waals surface area contributed by atoms with Gasteiger partial charge < -0.3 is 14.2 Å². The lowest BCUT2D eigenvalue weighted by Crippen LogP contribution is -2.27. The van der Waals surface area contributed by atoms with Crippen LogP contribution in [0.2, 0.25) is 0 Å². The van der Waals surface area contributed by atoms with Crippen molar-refractivity contribution in [3.63, 3.8) is 0 Å². The van der Waals surface area contributed by atoms with Crippen molar-refractivity contribution < 1.29 is 31.8 Å². The van der Waals surface area contributed by atoms with Gasteiger partial charge in [0.2, 0.25) is 0 Å². The third-order valence-electron chi connectivity index (χ3n) is 4.19. The highest BCUT2D eigenvalue weighted by molar-refractivity contribution is 5.22. The molecule has 0 aliphatic carbocycles. The highest BCUT2D eigenvalue weighted by Gasteiger charge is 2.23. The maximum Gasteiger partial charge on any atom is 0.271 e. The third kappa shape index (κ3) is 7.21. The summed E-state index contributed by atoms with van der Waals surface area (Å²) in [6.45, 7) is 1.16. The van der Waals surface area contributed by atoms with Crippen LogP contribution in [0.3, 0.4) is 0 Å². The van der Waals surface area contributed by atoms with Crippen molar-refractivity contribution in [1.29, 1.82) is 0 Å². The van der Waals surface area contributed by atoms with Crippen LogP contribution in [-0.4, -0.2) is 26.8 Å². The molecule has 1 rings (SSSR count). The van der Waals surface area contributed by atoms with Gasteiger partial charge in [-0.3, -0.25) is 0 Å². The minimum absolute atomic E-state index is 0.113. The number of ether oxygens (including phenoxy) is 3. The zero-order chi connectivity index (χ0) is 19.5. The van der Waals surface area contributed by atoms with Crippen molar-refractivity contribution in [1.82, 2.24) is 0 Å². The van der Waals surface area contributed by atoms with E-state index in [1.807, 2.05) is 0 Å². The summed E-state index contributed by atoms with van der Waals surface area (Å²) in [5, 5.41) is 0. The Bertz CT molecular complexity index is 536. The first-order valence-corrected chi connectivity index (χ1v) is 8.97. The summed E-state index contributed by atoms with van der Waals surface area (Å²) in [6.07, 6.45) is 6.17. The average molecular weight is 380 g/mol. The second kappa shape index (κ2) is 12.3. The minimum Gasteiger partial charge on any atom is -0.333 e. The van der Waals surface area contributed by atoms with Gasteiger partial charge in [-0.15, -0.1) is 0 Å². The Morgan fingerprint density at radius 2 is 1.46 bits per heavy atom. The molecule has 0 bridgehead atoms. The summed E-state index contributed by atoms with van der Waals surface area (Å²) >= 11 is 0. The topological polar surface area (TPSA) is 27.7 Å². The number of benzene rings is 1. The molecule has 3 nitrogen and oxygen atoms in total. The summed E-state index contributed by atoms with van der Waals surface area (Å²) in [5.41, 5.74) is -0.275. The lowest BCUT2D eigenvalue weighted by atomic mass is 10.0. The van der Waals surface area contributed by atoms with Crippen molar-refractivity contribution in [2.45, 2.75) is 70.9 Å². The molecule has 0 aromatic heterocycles. The van der Waals surface area contributed by atoms with Crippen molar-refractivity contribution in [3.8, 4) is 0 Å². The van der Waals surface area contributed by atoms with Crippen molar-refractivity contribution in [3.05, 3.63) is 34.9 Å². The Labute approximate surface area is 152 Å². The fourth-order valence-corrected chi connectivity index (χ4v) is 2.75. The second-order valence-electron chi connectivity index (χ2n) is 6.24. The summed E-state index contributed by atoms with van der Waals surface area (Å²) < 4.78 is 69.5. The Balaban J connectivity index is 2.75. The van der Waals surface area contributed by atoms with Gasteiger partial charge in [-0.1, -0.05) is 45.4 Å². The fraction of sp³-hybridized carbons (Fsp3) is 0.684. The van der Waals surface area contributed by atoms with Crippen LogP contribution in [0.5, 0.6) is 0 Å². The molecule has 26 heavy (non-hydrogen) atoms. The van der Waals surface area contributed by atoms with E-state index in [1.165, 1.54) is 20.6 Å². The molecule has 0 aliphatic heterocycles. The average Bonchev–Trinajstić information content (AvgIpc) is 2.64. The molecule has 0 saturated carbocycles. The molecule has 1 unspecified atom stereocenters. The summed E-state index contributed by atoms with van der Waals surface area (Å²) in [4.78, 5) is 0. The number of halogens is 4. The van der Waals surface area contributed by atoms with E-state index >= 15 is 0 Å². The number of rotatable bonds is 13. The van der Waals surface area contributed by atoms with Gasteiger partial charge in [0.25, 0.3) is 6.48 Å². The van der Waals surface area contributed by atoms with Crippen LogP contribution in [0.1, 0.15) is 57.4 Å². The van der Waals surface area contributed by atoms with Crippen LogP contribution < -0.4 is 0 Å². The monoisotopic (exact) mass is 380 g/mol. The largest absolute Gasteiger partial charge is 0.333 e. The van der Waals surface area contributed by atoms with E-state index in [4.69, 9.17) is 14.2 Å². The molecule has 0 radical (unpaired) electrons. The molecule has 0 fully saturated rings. The first-order chi connectivity index (χ1) is 12.4. The molecule has 7 heteroatoms. The Morgan fingerprint density at radius 1 is 0.846 bits per heavy atom. The molecule has 0 heterocycles. The molecule has 0 aliphatic rings. The maximum atomic E-state index is 13.9. The molecule has 0 N–H and O–H groups in total. The second-order valence-corrected chi connectivity index (χ2v) is 6.24. The molecular weight excluding hydrogens is 352 g/mol. The van der Waals surface area contributed by atoms with Gasteiger partial charge >= 0.3 is 0 Å². The molecule has 0 saturated heterocycles. The van der Waals surface area contributed by atoms with E-state index in [9.17, 15) is 17.6 Å². The normalized spacial score (nSPS) is 12.8. The van der Waals surface area contributed by atoms with Crippen LogP contribution in [0, 0.1) is 23.3 Å². The molecule has 1 atom stereocenters. The van der Waals surface area contributed by atoms with E-state index in [1.54, 1.807) is 0 Å². The summed E-state index contributed by atoms with van der Waals surface area (Å²) in [5.74, 6) is -6.45. The van der Waals surface area contributed by atoms with Crippen molar-refractivity contribution in [2.24, 2.45) is 0 Å². The number of unbranched alkanes of at least 4 members (excludes halogenated alkanes) is 5. The van der Waals surface area contributed by atoms with Gasteiger partial charge in [0.05, 0.1) is 6.10 Å². The predicted octanol–water partition coefficient (Wildman–Crippen LogP) is 5.50. The van der Waals surface area contributed by atoms with Crippen molar-refractivity contribution in [2.75, 3.05) is 14.2 Å². The SMILES string of the molecule is CCCCCCCCC(Cc1cc(F)c(F)c(F)c1F)OC(OC)OC. The fourth-order valence-electron chi connectivity index (χ4n) is 2.75. The molecule has 0 spiro atoms. The van der Waals surface area contributed by atoms with Crippen molar-refractivity contribution >= 4 is 0 Å². The Kier molecular flexibility index (Phi) is 10.8. The van der Waals surface area contributed by atoms with Gasteiger partial charge in [0, 0.05) is 20.6 Å². The molecular formula is C19H28F4O3. The number of hydrogen-bond acceptors (Lipinski definition) is 3. The summed E-state index contributed by atoms with van der Waals surface area (Å²) in [6, 6.07) is 0.667. The highest BCUT2D eigenvalue weighted by atomic mass is 19.2. The zero-order valence-electron chi connectivity index (χ0n) is 15.6. The highest BCUT2D eigenvalue weighted by Crippen LogP contribution is 2.23. The molecule has 150 valence electrons. The van der Waals surface area contributed by atoms with Gasteiger partial charge in [-0.2, -0.15) is 0 Å². The van der Waals surface area contributed by atoms with E-state index in [-0.39, 0.29) is 12.0 Å². The quantitative estimate of drug-likeness (QED) is 0.149. The number of methoxy groups -OCH3 is 2. The Morgan fingerprint density at radius 3 is 2.08 bits per heavy atom. The van der Waals surface area contributed by atoms with Gasteiger partial charge in [-0.25, -0.2) is 17.6 Å². The van der Waals surface area contributed by atoms with Crippen LogP contribution >= 0.6 is 0 Å². The predicted molar refractivity (Wildman–Crippen MR) is 90.7 cm³/mol. The van der Waals surface area contributed by atoms with Crippen LogP contribution in [-0.2, 0) is 20.6 Å². The third-order valence-corrected chi connectivity index (χ3v) is 4.19. The number of hydrogen-bond donors (Lipinski definition) is 0. The van der Waals surface area contributed by atoms with Crippen LogP contribution in [0.4, 0.5) is 17.6 Å². The van der Waals surface area contributed by atoms with E-state index in [0.717, 1.165) is 32.1 Å². The van der Waals surface area contributed by atoms with Crippen LogP contribution in [0.25, 0.3) is 0 Å². The van der Waals surface area contributed by atoms with Gasteiger partial charge in [0.15, 0.2) is 23.3 Å². The standard InChI is InChI=1S/C19H28F4O3/c1-4-5-6-7-8-9-10-14(26-19(24-2)25-3)11-13-12-15(20)17(22)18(23)16(13)21/h12,14,19H,4-11H2,1-3H3. The molecule has 1 aromatic carbocycles. The minimum atomic E-state index is -1.81. The first kappa shape index (κ1) is 22.9. The van der Waals surface area contributed by atoms with E-state index in [0.29, 0.717) is 12.5 Å². The van der Waals surface area contributed by atoms with E-state index < -0.39 is 35.8 Å². The Hall–Kier alpha value is -1.18. The lowest BCUT2D eigenvalue weighted by molar-refractivity contribution is -0.284. The van der Waals surface area contributed by atoms with Gasteiger partial charge in [0.1, 0.15) is 0 Å². The molecule has 0 amide bonds. The lowest BCUT2D eigenvalue weighted by Gasteiger charge is -2.23. The van der Waals surface area contributed by atoms with E-state index in [2.05, 4.69) is 6.92 Å². The maximum absolute atomic E-state index is 13.9. The summed E-state index contributed by atoms with van der Waals surface area (Å²) in [7, 11) is 2.77. The van der Waals surface area contributed by atoms with Crippen LogP contribution in [0.15, 0.2) is 6.07 Å².